The van der Waals surface area contributed by atoms with E-state index in [-0.39, 0.29) is 51.7 Å². The predicted octanol–water partition coefficient (Wildman–Crippen LogP) is 5.85. The monoisotopic (exact) mass is 716 g/mol. The van der Waals surface area contributed by atoms with Gasteiger partial charge in [0.15, 0.2) is 17.3 Å². The number of thioether (sulfide) groups is 1. The van der Waals surface area contributed by atoms with Crippen LogP contribution in [-0.4, -0.2) is 93.8 Å². The number of ether oxygens (including phenoxy) is 3. The summed E-state index contributed by atoms with van der Waals surface area (Å²) in [5.74, 6) is 0.184. The molecule has 1 amide bonds. The van der Waals surface area contributed by atoms with Crippen LogP contribution in [0.25, 0.3) is 17.2 Å². The van der Waals surface area contributed by atoms with E-state index in [1.54, 1.807) is 0 Å². The van der Waals surface area contributed by atoms with Crippen LogP contribution in [0.3, 0.4) is 0 Å². The van der Waals surface area contributed by atoms with Gasteiger partial charge in [-0.15, -0.1) is 10.2 Å². The molecule has 3 aromatic rings. The van der Waals surface area contributed by atoms with E-state index in [2.05, 4.69) is 25.5 Å². The summed E-state index contributed by atoms with van der Waals surface area (Å²) in [6.45, 7) is 3.17. The molecule has 258 valence electrons. The summed E-state index contributed by atoms with van der Waals surface area (Å²) < 4.78 is 100. The maximum atomic E-state index is 13.8. The van der Waals surface area contributed by atoms with Crippen LogP contribution in [-0.2, 0) is 28.3 Å². The fraction of sp³-hybridized carbons (Fsp3) is 0.433. The molecule has 5 rings (SSSR count). The summed E-state index contributed by atoms with van der Waals surface area (Å²) in [5.41, 5.74) is -3.13. The summed E-state index contributed by atoms with van der Waals surface area (Å²) in [7, 11) is 1.30. The van der Waals surface area contributed by atoms with E-state index >= 15 is 0 Å². The number of unbranched alkanes of at least 4 members (excludes halogenated alkanes) is 1. The maximum Gasteiger partial charge on any atom is 0.416 e. The summed E-state index contributed by atoms with van der Waals surface area (Å²) in [6, 6.07) is 4.22. The van der Waals surface area contributed by atoms with Crippen LogP contribution in [0.4, 0.5) is 26.3 Å². The number of nitrogens with one attached hydrogen (secondary N) is 1. The number of benzene rings is 2. The highest BCUT2D eigenvalue weighted by Crippen LogP contribution is 2.45. The third-order valence-electron chi connectivity index (χ3n) is 7.55. The molecule has 2 saturated heterocycles. The highest BCUT2D eigenvalue weighted by atomic mass is 32.2. The molecule has 0 saturated carbocycles. The Morgan fingerprint density at radius 2 is 1.73 bits per heavy atom. The van der Waals surface area contributed by atoms with Crippen molar-refractivity contribution >= 4 is 40.3 Å². The lowest BCUT2D eigenvalue weighted by molar-refractivity contribution is -0.143. The van der Waals surface area contributed by atoms with Crippen molar-refractivity contribution in [2.45, 2.75) is 31.6 Å². The minimum Gasteiger partial charge on any atom is -0.493 e. The average Bonchev–Trinajstić information content (AvgIpc) is 3.66. The molecule has 0 bridgehead atoms. The number of amides is 1. The van der Waals surface area contributed by atoms with Crippen LogP contribution in [0, 0.1) is 0 Å². The Balaban J connectivity index is 1.48. The van der Waals surface area contributed by atoms with Gasteiger partial charge in [0.2, 0.25) is 0 Å². The number of thiocarbonyl (C=S) groups is 1. The quantitative estimate of drug-likeness (QED) is 0.106. The van der Waals surface area contributed by atoms with E-state index in [1.807, 2.05) is 0 Å². The lowest BCUT2D eigenvalue weighted by Gasteiger charge is -2.27. The number of nitrogens with zero attached hydrogens (tertiary/aromatic N) is 5. The number of halogens is 6. The second-order valence-electron chi connectivity index (χ2n) is 10.8. The number of carbonyl (C=O) groups is 1. The summed E-state index contributed by atoms with van der Waals surface area (Å²) in [4.78, 5) is 17.0. The SMILES string of the molecule is COc1cc(C=C2SC(=S)N(CCCCc3nn[nH]n3)C2=O)cc(-c2cc(C(F)(F)F)cc(C(F)(F)F)c2)c1OCCN1CCOCC1. The first-order valence-corrected chi connectivity index (χ1v) is 16.0. The molecule has 18 heteroatoms. The first-order chi connectivity index (χ1) is 22.8. The van der Waals surface area contributed by atoms with Crippen LogP contribution in [0.15, 0.2) is 35.2 Å². The first-order valence-electron chi connectivity index (χ1n) is 14.8. The van der Waals surface area contributed by atoms with Gasteiger partial charge in [-0.3, -0.25) is 14.6 Å². The second kappa shape index (κ2) is 15.2. The third-order valence-corrected chi connectivity index (χ3v) is 8.92. The average molecular weight is 717 g/mol. The van der Waals surface area contributed by atoms with Crippen LogP contribution in [0.1, 0.15) is 35.4 Å². The van der Waals surface area contributed by atoms with Crippen molar-refractivity contribution in [1.82, 2.24) is 30.4 Å². The number of tetrazole rings is 1. The molecule has 2 aliphatic rings. The Morgan fingerprint density at radius 1 is 1.02 bits per heavy atom. The highest BCUT2D eigenvalue weighted by Gasteiger charge is 2.38. The Labute approximate surface area is 280 Å². The van der Waals surface area contributed by atoms with E-state index in [0.717, 1.165) is 11.8 Å². The van der Waals surface area contributed by atoms with Gasteiger partial charge in [-0.25, -0.2) is 0 Å². The van der Waals surface area contributed by atoms with E-state index < -0.39 is 23.5 Å². The van der Waals surface area contributed by atoms with Gasteiger partial charge in [-0.2, -0.15) is 31.6 Å². The van der Waals surface area contributed by atoms with Crippen molar-refractivity contribution in [3.8, 4) is 22.6 Å². The minimum absolute atomic E-state index is 0.0375. The molecule has 0 aliphatic carbocycles. The number of alkyl halides is 6. The summed E-state index contributed by atoms with van der Waals surface area (Å²) in [6.07, 6.45) is -6.83. The minimum atomic E-state index is -5.06. The number of morpholine rings is 1. The molecule has 0 radical (unpaired) electrons. The van der Waals surface area contributed by atoms with Gasteiger partial charge in [0, 0.05) is 38.2 Å². The molecule has 2 aromatic carbocycles. The van der Waals surface area contributed by atoms with Crippen molar-refractivity contribution in [2.24, 2.45) is 0 Å². The van der Waals surface area contributed by atoms with Gasteiger partial charge in [0.1, 0.15) is 10.9 Å². The van der Waals surface area contributed by atoms with E-state index in [1.165, 1.54) is 30.2 Å². The normalized spacial score (nSPS) is 17.1. The molecule has 48 heavy (non-hydrogen) atoms. The van der Waals surface area contributed by atoms with Crippen LogP contribution < -0.4 is 9.47 Å². The fourth-order valence-corrected chi connectivity index (χ4v) is 6.43. The van der Waals surface area contributed by atoms with Gasteiger partial charge in [-0.1, -0.05) is 29.2 Å². The molecule has 1 aromatic heterocycles. The standard InChI is InChI=1S/C30H30F6N6O4S2/c1-44-23-13-18(14-24-27(43)42(28(47)48-24)5-3-2-4-25-37-39-40-38-25)12-22(26(23)46-11-8-41-6-9-45-10-7-41)19-15-20(29(31,32)33)17-21(16-19)30(34,35)36/h12-17H,2-11H2,1H3,(H,37,38,39,40). The number of aromatic amines is 1. The van der Waals surface area contributed by atoms with E-state index in [9.17, 15) is 31.1 Å². The molecule has 1 N–H and O–H groups in total. The van der Waals surface area contributed by atoms with Crippen LogP contribution >= 0.6 is 24.0 Å². The number of H-pyrrole nitrogens is 1. The Kier molecular flexibility index (Phi) is 11.3. The van der Waals surface area contributed by atoms with Gasteiger partial charge < -0.3 is 14.2 Å². The second-order valence-corrected chi connectivity index (χ2v) is 12.5. The lowest BCUT2D eigenvalue weighted by Crippen LogP contribution is -2.38. The fourth-order valence-electron chi connectivity index (χ4n) is 5.12. The van der Waals surface area contributed by atoms with Crippen LogP contribution in [0.5, 0.6) is 11.5 Å². The number of aromatic nitrogens is 4. The smallest absolute Gasteiger partial charge is 0.416 e. The van der Waals surface area contributed by atoms with Crippen molar-refractivity contribution < 1.29 is 45.3 Å². The Hall–Kier alpha value is -3.74. The Bertz CT molecular complexity index is 1610. The number of carbonyl (C=O) groups excluding carboxylic acids is 1. The zero-order valence-corrected chi connectivity index (χ0v) is 27.1. The number of rotatable bonds is 12. The number of methoxy groups -OCH3 is 1. The number of hydrogen-bond donors (Lipinski definition) is 1. The van der Waals surface area contributed by atoms with Gasteiger partial charge >= 0.3 is 12.4 Å². The summed E-state index contributed by atoms with van der Waals surface area (Å²) >= 11 is 6.47. The van der Waals surface area contributed by atoms with Crippen LogP contribution in [0.2, 0.25) is 0 Å². The molecule has 2 fully saturated rings. The Morgan fingerprint density at radius 3 is 2.35 bits per heavy atom. The zero-order chi connectivity index (χ0) is 34.5. The van der Waals surface area contributed by atoms with E-state index in [0.29, 0.717) is 80.9 Å². The van der Waals surface area contributed by atoms with E-state index in [4.69, 9.17) is 26.4 Å². The van der Waals surface area contributed by atoms with Gasteiger partial charge in [0.25, 0.3) is 5.91 Å². The largest absolute Gasteiger partial charge is 0.493 e. The zero-order valence-electron chi connectivity index (χ0n) is 25.5. The van der Waals surface area contributed by atoms with Crippen molar-refractivity contribution in [2.75, 3.05) is 53.1 Å². The first kappa shape index (κ1) is 35.6. The lowest BCUT2D eigenvalue weighted by atomic mass is 9.96. The molecule has 3 heterocycles. The van der Waals surface area contributed by atoms with Gasteiger partial charge in [-0.05, 0) is 60.4 Å². The maximum absolute atomic E-state index is 13.8. The number of hydrogen-bond acceptors (Lipinski definition) is 10. The molecular weight excluding hydrogens is 686 g/mol. The highest BCUT2D eigenvalue weighted by molar-refractivity contribution is 8.26. The topological polar surface area (TPSA) is 106 Å². The predicted molar refractivity (Wildman–Crippen MR) is 168 cm³/mol. The molecular formula is C30H30F6N6O4S2. The molecule has 0 spiro atoms. The van der Waals surface area contributed by atoms with Crippen molar-refractivity contribution in [1.29, 1.82) is 0 Å². The third kappa shape index (κ3) is 8.83. The number of aryl methyl sites for hydroxylation is 1. The molecule has 0 unspecified atom stereocenters. The summed E-state index contributed by atoms with van der Waals surface area (Å²) in [5, 5.41) is 13.7. The van der Waals surface area contributed by atoms with Gasteiger partial charge in [0.05, 0.1) is 36.4 Å². The van der Waals surface area contributed by atoms with Crippen molar-refractivity contribution in [3.05, 3.63) is 57.8 Å². The molecule has 0 atom stereocenters. The van der Waals surface area contributed by atoms with Crippen molar-refractivity contribution in [3.63, 3.8) is 0 Å². The molecule has 10 nitrogen and oxygen atoms in total. The molecule has 2 aliphatic heterocycles.